The van der Waals surface area contributed by atoms with Gasteiger partial charge in [0, 0.05) is 10.8 Å². The molecule has 0 fully saturated rings. The summed E-state index contributed by atoms with van der Waals surface area (Å²) >= 11 is 1.80. The predicted molar refractivity (Wildman–Crippen MR) is 86.0 cm³/mol. The molecule has 0 aliphatic rings. The van der Waals surface area contributed by atoms with E-state index in [9.17, 15) is 0 Å². The number of thiazole rings is 1. The molecule has 0 saturated carbocycles. The van der Waals surface area contributed by atoms with E-state index in [1.807, 2.05) is 0 Å². The molecule has 0 aliphatic heterocycles. The average Bonchev–Trinajstić information content (AvgIpc) is 2.83. The Kier molecular flexibility index (Phi) is 7.01. The van der Waals surface area contributed by atoms with Crippen molar-refractivity contribution in [3.8, 4) is 0 Å². The number of hydrogen-bond donors (Lipinski definition) is 1. The number of unbranched alkanes of at least 4 members (excludes halogenated alkanes) is 4. The number of nitrogens with one attached hydrogen (secondary N) is 1. The molecule has 0 spiro atoms. The predicted octanol–water partition coefficient (Wildman–Crippen LogP) is 5.06. The van der Waals surface area contributed by atoms with Crippen LogP contribution in [-0.4, -0.2) is 12.0 Å². The molecule has 1 unspecified atom stereocenters. The Hall–Kier alpha value is -0.410. The van der Waals surface area contributed by atoms with Crippen LogP contribution in [0.4, 0.5) is 0 Å². The molecule has 0 saturated heterocycles. The highest BCUT2D eigenvalue weighted by atomic mass is 32.1. The van der Waals surface area contributed by atoms with Crippen molar-refractivity contribution in [3.05, 3.63) is 16.1 Å². The van der Waals surface area contributed by atoms with Crippen molar-refractivity contribution >= 4 is 11.3 Å². The van der Waals surface area contributed by atoms with Crippen LogP contribution in [0.3, 0.4) is 0 Å². The summed E-state index contributed by atoms with van der Waals surface area (Å²) in [4.78, 5) is 4.82. The van der Waals surface area contributed by atoms with Crippen LogP contribution in [0.5, 0.6) is 0 Å². The topological polar surface area (TPSA) is 24.9 Å². The number of nitrogens with zero attached hydrogens (tertiary/aromatic N) is 1. The van der Waals surface area contributed by atoms with Gasteiger partial charge in [0.15, 0.2) is 0 Å². The van der Waals surface area contributed by atoms with Crippen molar-refractivity contribution in [1.29, 1.82) is 0 Å². The quantitative estimate of drug-likeness (QED) is 0.674. The van der Waals surface area contributed by atoms with Gasteiger partial charge < -0.3 is 5.32 Å². The third-order valence-corrected chi connectivity index (χ3v) is 4.49. The zero-order valence-corrected chi connectivity index (χ0v) is 14.1. The normalized spacial score (nSPS) is 13.7. The molecule has 2 nitrogen and oxygen atoms in total. The van der Waals surface area contributed by atoms with Gasteiger partial charge in [-0.3, -0.25) is 0 Å². The van der Waals surface area contributed by atoms with Crippen molar-refractivity contribution in [1.82, 2.24) is 10.3 Å². The molecule has 0 radical (unpaired) electrons. The summed E-state index contributed by atoms with van der Waals surface area (Å²) in [6.07, 6.45) is 7.92. The monoisotopic (exact) mass is 282 g/mol. The molecule has 1 heterocycles. The van der Waals surface area contributed by atoms with Gasteiger partial charge in [0.1, 0.15) is 5.01 Å². The van der Waals surface area contributed by atoms with Gasteiger partial charge in [0.25, 0.3) is 0 Å². The van der Waals surface area contributed by atoms with Crippen LogP contribution in [0.15, 0.2) is 5.38 Å². The van der Waals surface area contributed by atoms with Crippen LogP contribution in [0.1, 0.15) is 83.0 Å². The Morgan fingerprint density at radius 2 is 1.89 bits per heavy atom. The van der Waals surface area contributed by atoms with Crippen LogP contribution in [0, 0.1) is 0 Å². The summed E-state index contributed by atoms with van der Waals surface area (Å²) in [5.41, 5.74) is 1.38. The lowest BCUT2D eigenvalue weighted by Gasteiger charge is -2.16. The number of hydrogen-bond acceptors (Lipinski definition) is 3. The number of rotatable bonds is 8. The minimum Gasteiger partial charge on any atom is -0.311 e. The maximum absolute atomic E-state index is 4.82. The van der Waals surface area contributed by atoms with Gasteiger partial charge in [-0.1, -0.05) is 59.8 Å². The maximum Gasteiger partial charge on any atom is 0.110 e. The van der Waals surface area contributed by atoms with E-state index >= 15 is 0 Å². The van der Waals surface area contributed by atoms with Crippen molar-refractivity contribution in [2.45, 2.75) is 77.7 Å². The first-order chi connectivity index (χ1) is 8.99. The zero-order chi connectivity index (χ0) is 14.3. The number of aromatic nitrogens is 1. The molecule has 1 atom stereocenters. The second kappa shape index (κ2) is 8.01. The minimum absolute atomic E-state index is 0.161. The van der Waals surface area contributed by atoms with Crippen molar-refractivity contribution in [3.63, 3.8) is 0 Å². The van der Waals surface area contributed by atoms with Crippen molar-refractivity contribution < 1.29 is 0 Å². The Labute approximate surface area is 123 Å². The molecule has 0 amide bonds. The van der Waals surface area contributed by atoms with Gasteiger partial charge in [-0.25, -0.2) is 4.98 Å². The average molecular weight is 282 g/mol. The van der Waals surface area contributed by atoms with E-state index in [0.29, 0.717) is 6.04 Å². The minimum atomic E-state index is 0.161. The fraction of sp³-hybridized carbons (Fsp3) is 0.812. The summed E-state index contributed by atoms with van der Waals surface area (Å²) in [6.45, 7) is 8.95. The van der Waals surface area contributed by atoms with E-state index in [4.69, 9.17) is 4.98 Å². The van der Waals surface area contributed by atoms with Crippen molar-refractivity contribution in [2.24, 2.45) is 0 Å². The summed E-state index contributed by atoms with van der Waals surface area (Å²) in [5, 5.41) is 6.89. The van der Waals surface area contributed by atoms with E-state index < -0.39 is 0 Å². The first-order valence-electron chi connectivity index (χ1n) is 7.62. The maximum atomic E-state index is 4.82. The standard InChI is InChI=1S/C16H30N2S/c1-6-7-8-9-10-11-13(17-5)15-18-14(12-19-15)16(2,3)4/h12-13,17H,6-11H2,1-5H3. The largest absolute Gasteiger partial charge is 0.311 e. The molecule has 1 aromatic rings. The lowest BCUT2D eigenvalue weighted by atomic mass is 9.93. The van der Waals surface area contributed by atoms with Gasteiger partial charge >= 0.3 is 0 Å². The van der Waals surface area contributed by atoms with Crippen molar-refractivity contribution in [2.75, 3.05) is 7.05 Å². The van der Waals surface area contributed by atoms with Crippen LogP contribution < -0.4 is 5.32 Å². The van der Waals surface area contributed by atoms with Gasteiger partial charge in [-0.15, -0.1) is 11.3 Å². The summed E-state index contributed by atoms with van der Waals surface area (Å²) in [6, 6.07) is 0.433. The fourth-order valence-corrected chi connectivity index (χ4v) is 3.33. The molecular weight excluding hydrogens is 252 g/mol. The molecule has 1 rings (SSSR count). The second-order valence-electron chi connectivity index (χ2n) is 6.37. The highest BCUT2D eigenvalue weighted by molar-refractivity contribution is 7.09. The zero-order valence-electron chi connectivity index (χ0n) is 13.3. The second-order valence-corrected chi connectivity index (χ2v) is 7.25. The highest BCUT2D eigenvalue weighted by Gasteiger charge is 2.20. The van der Waals surface area contributed by atoms with Gasteiger partial charge in [-0.05, 0) is 13.5 Å². The first kappa shape index (κ1) is 16.6. The molecule has 1 N–H and O–H groups in total. The molecule has 0 bridgehead atoms. The van der Waals surface area contributed by atoms with Crippen LogP contribution in [0.25, 0.3) is 0 Å². The Bertz CT molecular complexity index is 352. The van der Waals surface area contributed by atoms with E-state index in [-0.39, 0.29) is 5.41 Å². The Morgan fingerprint density at radius 3 is 2.42 bits per heavy atom. The molecular formula is C16H30N2S. The SMILES string of the molecule is CCCCCCCC(NC)c1nc(C(C)(C)C)cs1. The fourth-order valence-electron chi connectivity index (χ4n) is 2.14. The summed E-state index contributed by atoms with van der Waals surface area (Å²) in [5.74, 6) is 0. The van der Waals surface area contributed by atoms with E-state index in [1.165, 1.54) is 49.2 Å². The third kappa shape index (κ3) is 5.62. The summed E-state index contributed by atoms with van der Waals surface area (Å²) < 4.78 is 0. The molecule has 0 aromatic carbocycles. The first-order valence-corrected chi connectivity index (χ1v) is 8.50. The summed E-state index contributed by atoms with van der Waals surface area (Å²) in [7, 11) is 2.05. The van der Waals surface area contributed by atoms with Gasteiger partial charge in [0.05, 0.1) is 11.7 Å². The molecule has 0 aliphatic carbocycles. The van der Waals surface area contributed by atoms with Gasteiger partial charge in [-0.2, -0.15) is 0 Å². The smallest absolute Gasteiger partial charge is 0.110 e. The Balaban J connectivity index is 2.48. The molecule has 1 aromatic heterocycles. The highest BCUT2D eigenvalue weighted by Crippen LogP contribution is 2.28. The van der Waals surface area contributed by atoms with Crippen LogP contribution in [0.2, 0.25) is 0 Å². The van der Waals surface area contributed by atoms with Gasteiger partial charge in [0.2, 0.25) is 0 Å². The van der Waals surface area contributed by atoms with E-state index in [2.05, 4.69) is 45.4 Å². The van der Waals surface area contributed by atoms with Crippen LogP contribution >= 0.6 is 11.3 Å². The third-order valence-electron chi connectivity index (χ3n) is 3.53. The molecule has 19 heavy (non-hydrogen) atoms. The molecule has 110 valence electrons. The van der Waals surface area contributed by atoms with E-state index in [0.717, 1.165) is 0 Å². The van der Waals surface area contributed by atoms with Crippen LogP contribution in [-0.2, 0) is 5.41 Å². The Morgan fingerprint density at radius 1 is 1.21 bits per heavy atom. The lowest BCUT2D eigenvalue weighted by molar-refractivity contribution is 0.493. The lowest BCUT2D eigenvalue weighted by Crippen LogP contribution is -2.17. The van der Waals surface area contributed by atoms with E-state index in [1.54, 1.807) is 11.3 Å². The molecule has 3 heteroatoms.